The number of amides is 1. The van der Waals surface area contributed by atoms with Crippen molar-refractivity contribution in [3.63, 3.8) is 0 Å². The van der Waals surface area contributed by atoms with E-state index in [1.54, 1.807) is 36.9 Å². The Kier molecular flexibility index (Phi) is 8.49. The zero-order valence-corrected chi connectivity index (χ0v) is 18.8. The number of carbonyl (C=O) groups is 1. The molecule has 0 saturated carbocycles. The Labute approximate surface area is 180 Å². The third-order valence-electron chi connectivity index (χ3n) is 3.84. The topological polar surface area (TPSA) is 66.5 Å². The van der Waals surface area contributed by atoms with E-state index in [1.165, 1.54) is 0 Å². The molecular weight excluding hydrogens is 439 g/mol. The zero-order valence-electron chi connectivity index (χ0n) is 15.6. The number of sulfonamides is 1. The van der Waals surface area contributed by atoms with E-state index in [0.29, 0.717) is 27.8 Å². The SMILES string of the molecule is Cc1cc(Cl)ccc1N(CC(=O)NCCCSc1ccc(Cl)cc1)S(C)(=O)=O. The van der Waals surface area contributed by atoms with Crippen LogP contribution in [0.3, 0.4) is 0 Å². The van der Waals surface area contributed by atoms with Crippen LogP contribution >= 0.6 is 35.0 Å². The van der Waals surface area contributed by atoms with Crippen LogP contribution in [0.5, 0.6) is 0 Å². The van der Waals surface area contributed by atoms with Crippen LogP contribution in [0.1, 0.15) is 12.0 Å². The number of aryl methyl sites for hydroxylation is 1. The number of thioether (sulfide) groups is 1. The molecule has 0 saturated heterocycles. The molecule has 0 fully saturated rings. The van der Waals surface area contributed by atoms with Crippen LogP contribution in [0.15, 0.2) is 47.4 Å². The van der Waals surface area contributed by atoms with Gasteiger partial charge in [-0.15, -0.1) is 11.8 Å². The fraction of sp³-hybridized carbons (Fsp3) is 0.316. The fourth-order valence-corrected chi connectivity index (χ4v) is 4.61. The summed E-state index contributed by atoms with van der Waals surface area (Å²) in [6, 6.07) is 12.5. The third-order valence-corrected chi connectivity index (χ3v) is 6.55. The largest absolute Gasteiger partial charge is 0.354 e. The van der Waals surface area contributed by atoms with Gasteiger partial charge < -0.3 is 5.32 Å². The van der Waals surface area contributed by atoms with Gasteiger partial charge in [0.2, 0.25) is 15.9 Å². The molecule has 0 aliphatic carbocycles. The summed E-state index contributed by atoms with van der Waals surface area (Å²) in [7, 11) is -3.61. The standard InChI is InChI=1S/C19H22Cl2N2O3S2/c1-14-12-16(21)6-9-18(14)23(28(2,25)26)13-19(24)22-10-3-11-27-17-7-4-15(20)5-8-17/h4-9,12H,3,10-11,13H2,1-2H3,(H,22,24). The average Bonchev–Trinajstić information content (AvgIpc) is 2.61. The molecule has 0 bridgehead atoms. The number of anilines is 1. The van der Waals surface area contributed by atoms with E-state index in [1.807, 2.05) is 24.3 Å². The first-order chi connectivity index (χ1) is 13.2. The molecule has 0 aliphatic heterocycles. The lowest BCUT2D eigenvalue weighted by molar-refractivity contribution is -0.119. The summed E-state index contributed by atoms with van der Waals surface area (Å²) in [5, 5.41) is 3.98. The van der Waals surface area contributed by atoms with Crippen LogP contribution in [0.4, 0.5) is 5.69 Å². The molecule has 0 radical (unpaired) electrons. The van der Waals surface area contributed by atoms with Crippen LogP contribution in [0, 0.1) is 6.92 Å². The van der Waals surface area contributed by atoms with Crippen molar-refractivity contribution in [3.8, 4) is 0 Å². The van der Waals surface area contributed by atoms with E-state index < -0.39 is 10.0 Å². The van der Waals surface area contributed by atoms with E-state index in [2.05, 4.69) is 5.32 Å². The summed E-state index contributed by atoms with van der Waals surface area (Å²) < 4.78 is 25.4. The summed E-state index contributed by atoms with van der Waals surface area (Å²) in [6.07, 6.45) is 1.84. The minimum Gasteiger partial charge on any atom is -0.354 e. The Morgan fingerprint density at radius 2 is 1.75 bits per heavy atom. The third kappa shape index (κ3) is 7.20. The summed E-state index contributed by atoms with van der Waals surface area (Å²) in [4.78, 5) is 13.4. The molecule has 0 unspecified atom stereocenters. The van der Waals surface area contributed by atoms with Crippen LogP contribution in [-0.4, -0.2) is 39.4 Å². The lowest BCUT2D eigenvalue weighted by Crippen LogP contribution is -2.41. The Morgan fingerprint density at radius 3 is 2.36 bits per heavy atom. The van der Waals surface area contributed by atoms with Gasteiger partial charge in [0, 0.05) is 21.5 Å². The van der Waals surface area contributed by atoms with Crippen molar-refractivity contribution in [2.24, 2.45) is 0 Å². The number of benzene rings is 2. The van der Waals surface area contributed by atoms with Crippen LogP contribution in [0.25, 0.3) is 0 Å². The quantitative estimate of drug-likeness (QED) is 0.445. The van der Waals surface area contributed by atoms with Gasteiger partial charge >= 0.3 is 0 Å². The normalized spacial score (nSPS) is 11.3. The van der Waals surface area contributed by atoms with Crippen molar-refractivity contribution in [2.45, 2.75) is 18.2 Å². The van der Waals surface area contributed by atoms with Gasteiger partial charge in [0.1, 0.15) is 6.54 Å². The van der Waals surface area contributed by atoms with Gasteiger partial charge in [-0.2, -0.15) is 0 Å². The molecule has 0 spiro atoms. The monoisotopic (exact) mass is 460 g/mol. The summed E-state index contributed by atoms with van der Waals surface area (Å²) in [5.74, 6) is 0.477. The fourth-order valence-electron chi connectivity index (χ4n) is 2.49. The zero-order chi connectivity index (χ0) is 20.7. The second-order valence-electron chi connectivity index (χ2n) is 6.21. The molecule has 152 valence electrons. The number of rotatable bonds is 9. The minimum atomic E-state index is -3.61. The molecule has 2 aromatic carbocycles. The molecular formula is C19H22Cl2N2O3S2. The number of halogens is 2. The smallest absolute Gasteiger partial charge is 0.240 e. The number of nitrogens with one attached hydrogen (secondary N) is 1. The molecule has 2 aromatic rings. The van der Waals surface area contributed by atoms with Crippen molar-refractivity contribution in [1.82, 2.24) is 5.32 Å². The molecule has 0 heterocycles. The second kappa shape index (κ2) is 10.4. The summed E-state index contributed by atoms with van der Waals surface area (Å²) in [5.41, 5.74) is 1.13. The van der Waals surface area contributed by atoms with Crippen LogP contribution in [0.2, 0.25) is 10.0 Å². The van der Waals surface area contributed by atoms with E-state index in [4.69, 9.17) is 23.2 Å². The molecule has 5 nitrogen and oxygen atoms in total. The van der Waals surface area contributed by atoms with E-state index in [-0.39, 0.29) is 12.5 Å². The Morgan fingerprint density at radius 1 is 1.11 bits per heavy atom. The molecule has 0 aromatic heterocycles. The van der Waals surface area contributed by atoms with Gasteiger partial charge in [-0.25, -0.2) is 8.42 Å². The van der Waals surface area contributed by atoms with Crippen LogP contribution < -0.4 is 9.62 Å². The first-order valence-corrected chi connectivity index (χ1v) is 12.1. The predicted molar refractivity (Wildman–Crippen MR) is 118 cm³/mol. The van der Waals surface area contributed by atoms with Gasteiger partial charge in [-0.1, -0.05) is 23.2 Å². The van der Waals surface area contributed by atoms with Gasteiger partial charge in [0.05, 0.1) is 11.9 Å². The lowest BCUT2D eigenvalue weighted by Gasteiger charge is -2.23. The Hall–Kier alpha value is -1.41. The average molecular weight is 461 g/mol. The van der Waals surface area contributed by atoms with E-state index in [0.717, 1.165) is 27.6 Å². The highest BCUT2D eigenvalue weighted by atomic mass is 35.5. The Balaban J connectivity index is 1.85. The highest BCUT2D eigenvalue weighted by Gasteiger charge is 2.22. The highest BCUT2D eigenvalue weighted by Crippen LogP contribution is 2.25. The molecule has 9 heteroatoms. The predicted octanol–water partition coefficient (Wildman–Crippen LogP) is 4.37. The maximum Gasteiger partial charge on any atom is 0.240 e. The highest BCUT2D eigenvalue weighted by molar-refractivity contribution is 7.99. The molecule has 28 heavy (non-hydrogen) atoms. The molecule has 2 rings (SSSR count). The summed E-state index contributed by atoms with van der Waals surface area (Å²) >= 11 is 13.5. The first kappa shape index (κ1) is 22.9. The maximum atomic E-state index is 12.3. The minimum absolute atomic E-state index is 0.272. The number of carbonyl (C=O) groups excluding carboxylic acids is 1. The Bertz CT molecular complexity index is 919. The van der Waals surface area contributed by atoms with Gasteiger partial charge in [-0.3, -0.25) is 9.10 Å². The molecule has 0 aliphatic rings. The molecule has 1 amide bonds. The molecule has 1 N–H and O–H groups in total. The van der Waals surface area contributed by atoms with Crippen molar-refractivity contribution < 1.29 is 13.2 Å². The van der Waals surface area contributed by atoms with Crippen molar-refractivity contribution in [2.75, 3.05) is 29.4 Å². The summed E-state index contributed by atoms with van der Waals surface area (Å²) in [6.45, 7) is 1.95. The maximum absolute atomic E-state index is 12.3. The second-order valence-corrected chi connectivity index (χ2v) is 10.2. The van der Waals surface area contributed by atoms with E-state index in [9.17, 15) is 13.2 Å². The van der Waals surface area contributed by atoms with E-state index >= 15 is 0 Å². The number of hydrogen-bond acceptors (Lipinski definition) is 4. The van der Waals surface area contributed by atoms with Crippen molar-refractivity contribution >= 4 is 56.6 Å². The van der Waals surface area contributed by atoms with Crippen molar-refractivity contribution in [1.29, 1.82) is 0 Å². The van der Waals surface area contributed by atoms with Crippen LogP contribution in [-0.2, 0) is 14.8 Å². The number of hydrogen-bond donors (Lipinski definition) is 1. The first-order valence-electron chi connectivity index (χ1n) is 8.56. The van der Waals surface area contributed by atoms with Gasteiger partial charge in [-0.05, 0) is 67.1 Å². The van der Waals surface area contributed by atoms with Crippen molar-refractivity contribution in [3.05, 3.63) is 58.1 Å². The molecule has 0 atom stereocenters. The van der Waals surface area contributed by atoms with Gasteiger partial charge in [0.25, 0.3) is 0 Å². The van der Waals surface area contributed by atoms with Gasteiger partial charge in [0.15, 0.2) is 0 Å². The number of nitrogens with zero attached hydrogens (tertiary/aromatic N) is 1. The lowest BCUT2D eigenvalue weighted by atomic mass is 10.2.